The molecule has 11 nitrogen and oxygen atoms in total. The molecule has 168 valence electrons. The number of nitrogens with zero attached hydrogens (tertiary/aromatic N) is 5. The third kappa shape index (κ3) is 3.66. The van der Waals surface area contributed by atoms with Crippen LogP contribution in [0.15, 0.2) is 34.6 Å². The van der Waals surface area contributed by atoms with Crippen LogP contribution in [0.1, 0.15) is 10.7 Å². The Balaban J connectivity index is 1.41. The topological polar surface area (TPSA) is 164 Å². The zero-order valence-electron chi connectivity index (χ0n) is 16.3. The largest absolute Gasteiger partial charge is 0.410 e. The van der Waals surface area contributed by atoms with Crippen LogP contribution in [0.5, 0.6) is 0 Å². The van der Waals surface area contributed by atoms with Gasteiger partial charge in [0.05, 0.1) is 0 Å². The van der Waals surface area contributed by atoms with Crippen molar-refractivity contribution >= 4 is 90.8 Å². The molecular formula is C18H13N7O4S4. The van der Waals surface area contributed by atoms with E-state index in [0.29, 0.717) is 21.9 Å². The molecule has 2 atom stereocenters. The number of aromatic nitrogens is 3. The summed E-state index contributed by atoms with van der Waals surface area (Å²) in [6.45, 7) is 0. The molecule has 2 aliphatic rings. The van der Waals surface area contributed by atoms with Gasteiger partial charge < -0.3 is 16.3 Å². The lowest BCUT2D eigenvalue weighted by molar-refractivity contribution is -0.145. The van der Waals surface area contributed by atoms with Crippen molar-refractivity contribution in [2.24, 2.45) is 5.16 Å². The third-order valence-corrected chi connectivity index (χ3v) is 8.17. The molecule has 3 aromatic rings. The zero-order valence-corrected chi connectivity index (χ0v) is 19.7. The molecule has 2 amide bonds. The van der Waals surface area contributed by atoms with Crippen LogP contribution in [0, 0.1) is 0 Å². The second-order valence-corrected chi connectivity index (χ2v) is 10.2. The van der Waals surface area contributed by atoms with E-state index in [9.17, 15) is 19.6 Å². The molecule has 3 aromatic heterocycles. The molecule has 5 rings (SSSR count). The van der Waals surface area contributed by atoms with Gasteiger partial charge in [0.15, 0.2) is 10.8 Å². The number of nitrogen functional groups attached to an aromatic ring is 1. The molecule has 1 unspecified atom stereocenters. The van der Waals surface area contributed by atoms with E-state index in [0.717, 1.165) is 16.2 Å². The molecule has 1 saturated heterocycles. The fourth-order valence-electron chi connectivity index (χ4n) is 3.50. The van der Waals surface area contributed by atoms with Crippen molar-refractivity contribution in [1.29, 1.82) is 0 Å². The smallest absolute Gasteiger partial charge is 0.276 e. The summed E-state index contributed by atoms with van der Waals surface area (Å²) in [4.78, 5) is 52.8. The molecule has 5 heterocycles. The van der Waals surface area contributed by atoms with Crippen molar-refractivity contribution in [1.82, 2.24) is 25.2 Å². The molecule has 0 aromatic carbocycles. The van der Waals surface area contributed by atoms with E-state index in [1.54, 1.807) is 12.3 Å². The number of fused-ring (bicyclic) bond motifs is 2. The Morgan fingerprint density at radius 2 is 2.18 bits per heavy atom. The third-order valence-electron chi connectivity index (χ3n) is 4.96. The number of hydrogen-bond donors (Lipinski definition) is 4. The number of thiazole rings is 2. The number of rotatable bonds is 5. The van der Waals surface area contributed by atoms with E-state index < -0.39 is 28.3 Å². The van der Waals surface area contributed by atoms with Gasteiger partial charge in [-0.1, -0.05) is 29.1 Å². The summed E-state index contributed by atoms with van der Waals surface area (Å²) in [5, 5.41) is 16.0. The Morgan fingerprint density at radius 1 is 1.36 bits per heavy atom. The van der Waals surface area contributed by atoms with Crippen molar-refractivity contribution in [3.63, 3.8) is 0 Å². The van der Waals surface area contributed by atoms with Crippen LogP contribution < -0.4 is 11.1 Å². The number of anilines is 1. The van der Waals surface area contributed by atoms with Gasteiger partial charge in [0.1, 0.15) is 38.2 Å². The number of β-lactam (4-membered cyclic amide) rings is 1. The number of carbonyl (C=O) groups excluding carboxylic acids is 3. The minimum absolute atomic E-state index is 0.0929. The Kier molecular flexibility index (Phi) is 5.55. The summed E-state index contributed by atoms with van der Waals surface area (Å²) in [7, 11) is 0. The van der Waals surface area contributed by atoms with Crippen molar-refractivity contribution < 1.29 is 19.6 Å². The summed E-state index contributed by atoms with van der Waals surface area (Å²) in [5.41, 5.74) is 6.73. The van der Waals surface area contributed by atoms with Gasteiger partial charge in [0, 0.05) is 22.9 Å². The maximum absolute atomic E-state index is 13.0. The molecule has 0 spiro atoms. The number of amides is 2. The molecule has 1 fully saturated rings. The van der Waals surface area contributed by atoms with Crippen molar-refractivity contribution in [2.75, 3.05) is 11.5 Å². The number of thioether (sulfide) groups is 1. The highest BCUT2D eigenvalue weighted by atomic mass is 32.2. The van der Waals surface area contributed by atoms with Crippen molar-refractivity contribution in [3.05, 3.63) is 40.1 Å². The van der Waals surface area contributed by atoms with Gasteiger partial charge in [-0.15, -0.1) is 23.1 Å². The Labute approximate surface area is 203 Å². The maximum atomic E-state index is 13.0. The lowest BCUT2D eigenvalue weighted by Crippen LogP contribution is -2.70. The lowest BCUT2D eigenvalue weighted by Gasteiger charge is -2.49. The first-order valence-electron chi connectivity index (χ1n) is 9.26. The van der Waals surface area contributed by atoms with Crippen LogP contribution in [0.4, 0.5) is 5.13 Å². The quantitative estimate of drug-likeness (QED) is 0.127. The minimum Gasteiger partial charge on any atom is -0.410 e. The predicted octanol–water partition coefficient (Wildman–Crippen LogP) is 1.18. The SMILES string of the molecule is Nc1nc(/C(=N/O)C(=O)NC2C(=O)N3C(C(=O)S)=C(c4nc5cccnc5s4)CS[C@H]23)cs1. The summed E-state index contributed by atoms with van der Waals surface area (Å²) in [6, 6.07) is 2.67. The van der Waals surface area contributed by atoms with E-state index in [2.05, 4.69) is 38.1 Å². The van der Waals surface area contributed by atoms with Gasteiger partial charge in [-0.3, -0.25) is 19.3 Å². The second-order valence-electron chi connectivity index (χ2n) is 6.86. The summed E-state index contributed by atoms with van der Waals surface area (Å²) in [6.07, 6.45) is 1.66. The number of carbonyl (C=O) groups is 3. The molecule has 0 bridgehead atoms. The van der Waals surface area contributed by atoms with Crippen molar-refractivity contribution in [3.8, 4) is 0 Å². The first-order chi connectivity index (χ1) is 15.9. The van der Waals surface area contributed by atoms with Crippen LogP contribution in [-0.4, -0.2) is 64.9 Å². The zero-order chi connectivity index (χ0) is 23.3. The van der Waals surface area contributed by atoms with Crippen LogP contribution in [0.2, 0.25) is 0 Å². The van der Waals surface area contributed by atoms with Gasteiger partial charge in [-0.2, -0.15) is 0 Å². The molecule has 4 N–H and O–H groups in total. The van der Waals surface area contributed by atoms with Gasteiger partial charge in [-0.05, 0) is 12.1 Å². The number of oxime groups is 1. The van der Waals surface area contributed by atoms with E-state index in [4.69, 9.17) is 5.73 Å². The molecule has 0 saturated carbocycles. The molecular weight excluding hydrogens is 507 g/mol. The Hall–Kier alpha value is -3.01. The summed E-state index contributed by atoms with van der Waals surface area (Å²) in [5.74, 6) is -0.886. The molecule has 15 heteroatoms. The highest BCUT2D eigenvalue weighted by Gasteiger charge is 2.54. The second kappa shape index (κ2) is 8.40. The van der Waals surface area contributed by atoms with Gasteiger partial charge >= 0.3 is 0 Å². The van der Waals surface area contributed by atoms with Crippen LogP contribution in [0.25, 0.3) is 15.9 Å². The number of nitrogens with two attached hydrogens (primary N) is 1. The number of thiol groups is 1. The highest BCUT2D eigenvalue weighted by Crippen LogP contribution is 2.44. The number of nitrogens with one attached hydrogen (secondary N) is 1. The molecule has 33 heavy (non-hydrogen) atoms. The fourth-order valence-corrected chi connectivity index (χ4v) is 6.68. The molecule has 0 radical (unpaired) electrons. The Bertz CT molecular complexity index is 1350. The first-order valence-corrected chi connectivity index (χ1v) is 12.5. The lowest BCUT2D eigenvalue weighted by atomic mass is 10.0. The standard InChI is InChI=1S/C18H13N7O4S4/c19-18-22-8(5-32-18)9(24-29)12(26)23-10-15(27)25-11(17(28)30)6(4-31-16(10)25)13-21-7-2-1-3-20-14(7)33-13/h1-3,5,10,16,29H,4H2,(H2,19,22)(H,23,26)(H,28,30)/b24-9-/t10?,16-/m1/s1. The average molecular weight is 520 g/mol. The normalized spacial score (nSPS) is 20.6. The monoisotopic (exact) mass is 519 g/mol. The number of hydrogen-bond acceptors (Lipinski definition) is 12. The van der Waals surface area contributed by atoms with E-state index in [-0.39, 0.29) is 22.2 Å². The van der Waals surface area contributed by atoms with Crippen LogP contribution in [0.3, 0.4) is 0 Å². The number of pyridine rings is 1. The van der Waals surface area contributed by atoms with E-state index in [1.807, 2.05) is 6.07 Å². The molecule has 0 aliphatic carbocycles. The minimum atomic E-state index is -0.920. The molecule has 2 aliphatic heterocycles. The summed E-state index contributed by atoms with van der Waals surface area (Å²) < 4.78 is 0. The van der Waals surface area contributed by atoms with Crippen LogP contribution in [-0.2, 0) is 14.4 Å². The van der Waals surface area contributed by atoms with Crippen molar-refractivity contribution in [2.45, 2.75) is 11.4 Å². The van der Waals surface area contributed by atoms with Gasteiger partial charge in [0.25, 0.3) is 11.8 Å². The predicted molar refractivity (Wildman–Crippen MR) is 128 cm³/mol. The van der Waals surface area contributed by atoms with Gasteiger partial charge in [0.2, 0.25) is 5.12 Å². The highest BCUT2D eigenvalue weighted by molar-refractivity contribution is 8.00. The van der Waals surface area contributed by atoms with Gasteiger partial charge in [-0.25, -0.2) is 15.0 Å². The summed E-state index contributed by atoms with van der Waals surface area (Å²) >= 11 is 7.77. The fraction of sp³-hybridized carbons (Fsp3) is 0.167. The first kappa shape index (κ1) is 21.8. The Morgan fingerprint density at radius 3 is 2.85 bits per heavy atom. The maximum Gasteiger partial charge on any atom is 0.276 e. The van der Waals surface area contributed by atoms with E-state index >= 15 is 0 Å². The van der Waals surface area contributed by atoms with Crippen LogP contribution >= 0.6 is 47.1 Å². The van der Waals surface area contributed by atoms with E-state index in [1.165, 1.54) is 33.4 Å². The average Bonchev–Trinajstić information content (AvgIpc) is 3.43.